The fourth-order valence-electron chi connectivity index (χ4n) is 4.69. The number of halogens is 1. The van der Waals surface area contributed by atoms with Gasteiger partial charge in [-0.15, -0.1) is 0 Å². The van der Waals surface area contributed by atoms with Crippen molar-refractivity contribution in [3.8, 4) is 0 Å². The summed E-state index contributed by atoms with van der Waals surface area (Å²) in [5.74, 6) is -0.723. The average Bonchev–Trinajstić information content (AvgIpc) is 2.73. The minimum atomic E-state index is -3.88. The Hall–Kier alpha value is -2.25. The van der Waals surface area contributed by atoms with E-state index in [0.717, 1.165) is 37.7 Å². The van der Waals surface area contributed by atoms with Crippen LogP contribution in [0.3, 0.4) is 0 Å². The highest BCUT2D eigenvalue weighted by atomic mass is 32.2. The molecule has 0 atom stereocenters. The molecule has 2 aromatic carbocycles. The molecule has 1 amide bonds. The molecule has 174 valence electrons. The number of aryl methyl sites for hydroxylation is 3. The number of sulfonamides is 1. The van der Waals surface area contributed by atoms with Crippen LogP contribution in [-0.2, 0) is 21.4 Å². The summed E-state index contributed by atoms with van der Waals surface area (Å²) < 4.78 is 43.2. The fourth-order valence-corrected chi connectivity index (χ4v) is 6.74. The topological polar surface area (TPSA) is 57.7 Å². The highest BCUT2D eigenvalue weighted by molar-refractivity contribution is 7.89. The minimum absolute atomic E-state index is 0.0899. The van der Waals surface area contributed by atoms with E-state index in [1.165, 1.54) is 15.3 Å². The van der Waals surface area contributed by atoms with E-state index in [1.807, 2.05) is 19.1 Å². The van der Waals surface area contributed by atoms with Gasteiger partial charge in [0.1, 0.15) is 5.82 Å². The molecule has 1 fully saturated rings. The van der Waals surface area contributed by atoms with E-state index in [2.05, 4.69) is 0 Å². The van der Waals surface area contributed by atoms with Gasteiger partial charge in [-0.3, -0.25) is 4.79 Å². The van der Waals surface area contributed by atoms with Crippen molar-refractivity contribution in [2.24, 2.45) is 0 Å². The van der Waals surface area contributed by atoms with Gasteiger partial charge in [0.05, 0.1) is 11.4 Å². The Morgan fingerprint density at radius 2 is 1.62 bits per heavy atom. The zero-order valence-corrected chi connectivity index (χ0v) is 20.2. The van der Waals surface area contributed by atoms with E-state index in [-0.39, 0.29) is 30.9 Å². The molecule has 0 spiro atoms. The monoisotopic (exact) mass is 460 g/mol. The normalized spacial score (nSPS) is 15.2. The van der Waals surface area contributed by atoms with Crippen LogP contribution in [0.1, 0.15) is 54.4 Å². The maximum Gasteiger partial charge on any atom is 0.244 e. The predicted octanol–water partition coefficient (Wildman–Crippen LogP) is 4.73. The summed E-state index contributed by atoms with van der Waals surface area (Å²) in [5.41, 5.74) is 2.79. The summed E-state index contributed by atoms with van der Waals surface area (Å²) in [6.07, 6.45) is 4.46. The van der Waals surface area contributed by atoms with Gasteiger partial charge in [-0.2, -0.15) is 4.31 Å². The molecule has 0 unspecified atom stereocenters. The van der Waals surface area contributed by atoms with Crippen LogP contribution in [-0.4, -0.2) is 43.2 Å². The van der Waals surface area contributed by atoms with Gasteiger partial charge in [0.15, 0.2) is 0 Å². The van der Waals surface area contributed by atoms with Gasteiger partial charge < -0.3 is 4.90 Å². The zero-order chi connectivity index (χ0) is 23.5. The predicted molar refractivity (Wildman–Crippen MR) is 124 cm³/mol. The van der Waals surface area contributed by atoms with Crippen molar-refractivity contribution in [2.45, 2.75) is 70.4 Å². The van der Waals surface area contributed by atoms with Crippen LogP contribution in [0.15, 0.2) is 41.3 Å². The van der Waals surface area contributed by atoms with Crippen LogP contribution in [0.2, 0.25) is 0 Å². The summed E-state index contributed by atoms with van der Waals surface area (Å²) >= 11 is 0. The molecule has 0 radical (unpaired) electrons. The Morgan fingerprint density at radius 1 is 1.03 bits per heavy atom. The Balaban J connectivity index is 1.91. The molecule has 0 aliphatic heterocycles. The van der Waals surface area contributed by atoms with Crippen molar-refractivity contribution in [1.82, 2.24) is 9.21 Å². The Labute approximate surface area is 191 Å². The maximum absolute atomic E-state index is 14.1. The molecule has 2 aromatic rings. The molecule has 7 heteroatoms. The number of hydrogen-bond acceptors (Lipinski definition) is 3. The van der Waals surface area contributed by atoms with Crippen molar-refractivity contribution in [2.75, 3.05) is 13.6 Å². The molecule has 0 bridgehead atoms. The van der Waals surface area contributed by atoms with Crippen LogP contribution in [0.5, 0.6) is 0 Å². The molecule has 32 heavy (non-hydrogen) atoms. The zero-order valence-electron chi connectivity index (χ0n) is 19.4. The molecule has 1 saturated carbocycles. The Kier molecular flexibility index (Phi) is 7.72. The fraction of sp³-hybridized carbons (Fsp3) is 0.480. The first-order valence-corrected chi connectivity index (χ1v) is 12.6. The van der Waals surface area contributed by atoms with Crippen molar-refractivity contribution < 1.29 is 17.6 Å². The number of rotatable bonds is 7. The molecular formula is C25H33FN2O3S. The molecule has 0 saturated heterocycles. The van der Waals surface area contributed by atoms with Crippen LogP contribution < -0.4 is 0 Å². The molecular weight excluding hydrogens is 427 g/mol. The van der Waals surface area contributed by atoms with Crippen LogP contribution in [0.4, 0.5) is 4.39 Å². The lowest BCUT2D eigenvalue weighted by atomic mass is 9.95. The third-order valence-corrected chi connectivity index (χ3v) is 8.44. The lowest BCUT2D eigenvalue weighted by Gasteiger charge is -2.34. The summed E-state index contributed by atoms with van der Waals surface area (Å²) in [6, 6.07) is 9.84. The van der Waals surface area contributed by atoms with Crippen LogP contribution >= 0.6 is 0 Å². The van der Waals surface area contributed by atoms with E-state index in [0.29, 0.717) is 21.6 Å². The van der Waals surface area contributed by atoms with Gasteiger partial charge in [-0.1, -0.05) is 55.2 Å². The highest BCUT2D eigenvalue weighted by Crippen LogP contribution is 2.31. The molecule has 1 aliphatic rings. The average molecular weight is 461 g/mol. The number of likely N-dealkylation sites (N-methyl/N-ethyl adjacent to an activating group) is 1. The molecule has 5 nitrogen and oxygen atoms in total. The first-order chi connectivity index (χ1) is 15.1. The van der Waals surface area contributed by atoms with E-state index >= 15 is 0 Å². The Bertz CT molecular complexity index is 1060. The standard InChI is InChI=1S/C25H33FN2O3S/c1-18-14-19(2)25(20(3)15-18)32(30,31)28(22-11-6-5-7-12-22)17-24(29)27(4)16-21-10-8-9-13-23(21)26/h8-10,13-15,22H,5-7,11-12,16-17H2,1-4H3. The summed E-state index contributed by atoms with van der Waals surface area (Å²) in [6.45, 7) is 5.39. The number of hydrogen-bond donors (Lipinski definition) is 0. The van der Waals surface area contributed by atoms with Crippen molar-refractivity contribution >= 4 is 15.9 Å². The smallest absolute Gasteiger partial charge is 0.244 e. The van der Waals surface area contributed by atoms with Crippen molar-refractivity contribution in [3.63, 3.8) is 0 Å². The summed E-state index contributed by atoms with van der Waals surface area (Å²) in [5, 5.41) is 0. The van der Waals surface area contributed by atoms with Crippen molar-refractivity contribution in [3.05, 3.63) is 64.5 Å². The van der Waals surface area contributed by atoms with E-state index in [4.69, 9.17) is 0 Å². The molecule has 3 rings (SSSR count). The summed E-state index contributed by atoms with van der Waals surface area (Å²) in [4.78, 5) is 14.8. The number of nitrogens with zero attached hydrogens (tertiary/aromatic N) is 2. The lowest BCUT2D eigenvalue weighted by molar-refractivity contribution is -0.131. The molecule has 0 aromatic heterocycles. The first-order valence-electron chi connectivity index (χ1n) is 11.2. The van der Waals surface area contributed by atoms with Gasteiger partial charge in [-0.05, 0) is 50.8 Å². The first kappa shape index (κ1) is 24.4. The van der Waals surface area contributed by atoms with Gasteiger partial charge in [0.2, 0.25) is 15.9 Å². The summed E-state index contributed by atoms with van der Waals surface area (Å²) in [7, 11) is -2.29. The lowest BCUT2D eigenvalue weighted by Crippen LogP contribution is -2.47. The van der Waals surface area contributed by atoms with E-state index in [1.54, 1.807) is 39.1 Å². The molecule has 1 aliphatic carbocycles. The largest absolute Gasteiger partial charge is 0.340 e. The molecule has 0 N–H and O–H groups in total. The number of amides is 1. The third kappa shape index (κ3) is 5.38. The Morgan fingerprint density at radius 3 is 2.22 bits per heavy atom. The van der Waals surface area contributed by atoms with Gasteiger partial charge in [0.25, 0.3) is 0 Å². The second-order valence-corrected chi connectivity index (χ2v) is 10.7. The second-order valence-electron chi connectivity index (χ2n) is 8.91. The van der Waals surface area contributed by atoms with Gasteiger partial charge >= 0.3 is 0 Å². The second kappa shape index (κ2) is 10.1. The van der Waals surface area contributed by atoms with Crippen LogP contribution in [0.25, 0.3) is 0 Å². The molecule has 0 heterocycles. The quantitative estimate of drug-likeness (QED) is 0.600. The maximum atomic E-state index is 14.1. The minimum Gasteiger partial charge on any atom is -0.340 e. The highest BCUT2D eigenvalue weighted by Gasteiger charge is 2.36. The number of carbonyl (C=O) groups is 1. The SMILES string of the molecule is Cc1cc(C)c(S(=O)(=O)N(CC(=O)N(C)Cc2ccccc2F)C2CCCCC2)c(C)c1. The van der Waals surface area contributed by atoms with Gasteiger partial charge in [0, 0.05) is 25.2 Å². The van der Waals surface area contributed by atoms with Crippen molar-refractivity contribution in [1.29, 1.82) is 0 Å². The van der Waals surface area contributed by atoms with Gasteiger partial charge in [-0.25, -0.2) is 12.8 Å². The van der Waals surface area contributed by atoms with Crippen LogP contribution in [0, 0.1) is 26.6 Å². The van der Waals surface area contributed by atoms with E-state index in [9.17, 15) is 17.6 Å². The van der Waals surface area contributed by atoms with E-state index < -0.39 is 10.0 Å². The number of carbonyl (C=O) groups excluding carboxylic acids is 1. The third-order valence-electron chi connectivity index (χ3n) is 6.24. The number of benzene rings is 2.